The first-order valence-electron chi connectivity index (χ1n) is 5.32. The van der Waals surface area contributed by atoms with Crippen LogP contribution in [0.15, 0.2) is 12.3 Å². The van der Waals surface area contributed by atoms with Gasteiger partial charge in [0.1, 0.15) is 5.82 Å². The van der Waals surface area contributed by atoms with E-state index in [9.17, 15) is 5.11 Å². The van der Waals surface area contributed by atoms with E-state index in [-0.39, 0.29) is 6.10 Å². The van der Waals surface area contributed by atoms with E-state index in [0.717, 1.165) is 37.2 Å². The summed E-state index contributed by atoms with van der Waals surface area (Å²) < 4.78 is 0. The first kappa shape index (κ1) is 10.2. The van der Waals surface area contributed by atoms with Crippen molar-refractivity contribution in [1.82, 2.24) is 4.98 Å². The van der Waals surface area contributed by atoms with Crippen molar-refractivity contribution in [2.24, 2.45) is 0 Å². The van der Waals surface area contributed by atoms with Crippen LogP contribution in [-0.4, -0.2) is 29.3 Å². The molecule has 0 unspecified atom stereocenters. The first-order valence-corrected chi connectivity index (χ1v) is 5.32. The minimum absolute atomic E-state index is 0.136. The Labute approximate surface area is 89.7 Å². The van der Waals surface area contributed by atoms with Crippen LogP contribution >= 0.6 is 0 Å². The molecule has 1 aliphatic rings. The van der Waals surface area contributed by atoms with Crippen molar-refractivity contribution in [3.63, 3.8) is 0 Å². The lowest BCUT2D eigenvalue weighted by molar-refractivity contribution is 0.145. The number of nitrogens with zero attached hydrogens (tertiary/aromatic N) is 2. The molecule has 0 atom stereocenters. The number of piperidine rings is 1. The number of pyridine rings is 1. The van der Waals surface area contributed by atoms with Crippen LogP contribution < -0.4 is 10.6 Å². The summed E-state index contributed by atoms with van der Waals surface area (Å²) in [6.45, 7) is 3.83. The predicted octanol–water partition coefficient (Wildman–Crippen LogP) is 0.933. The van der Waals surface area contributed by atoms with Crippen LogP contribution in [0, 0.1) is 6.92 Å². The summed E-state index contributed by atoms with van der Waals surface area (Å²) >= 11 is 0. The molecule has 15 heavy (non-hydrogen) atoms. The van der Waals surface area contributed by atoms with Crippen molar-refractivity contribution >= 4 is 11.5 Å². The van der Waals surface area contributed by atoms with Crippen LogP contribution in [0.4, 0.5) is 11.5 Å². The average molecular weight is 207 g/mol. The zero-order valence-electron chi connectivity index (χ0n) is 8.98. The van der Waals surface area contributed by atoms with E-state index in [2.05, 4.69) is 9.88 Å². The maximum absolute atomic E-state index is 9.42. The van der Waals surface area contributed by atoms with Gasteiger partial charge in [0.25, 0.3) is 0 Å². The highest BCUT2D eigenvalue weighted by Crippen LogP contribution is 2.23. The highest BCUT2D eigenvalue weighted by molar-refractivity contribution is 5.55. The Bertz CT molecular complexity index is 346. The third-order valence-corrected chi connectivity index (χ3v) is 2.91. The molecule has 0 bridgehead atoms. The second-order valence-electron chi connectivity index (χ2n) is 4.11. The van der Waals surface area contributed by atoms with Crippen molar-refractivity contribution in [3.05, 3.63) is 17.8 Å². The predicted molar refractivity (Wildman–Crippen MR) is 60.8 cm³/mol. The summed E-state index contributed by atoms with van der Waals surface area (Å²) in [6, 6.07) is 1.89. The van der Waals surface area contributed by atoms with Gasteiger partial charge in [0.2, 0.25) is 0 Å². The summed E-state index contributed by atoms with van der Waals surface area (Å²) in [5.41, 5.74) is 7.90. The Morgan fingerprint density at radius 2 is 2.13 bits per heavy atom. The van der Waals surface area contributed by atoms with E-state index in [1.807, 2.05) is 19.2 Å². The Morgan fingerprint density at radius 1 is 1.47 bits per heavy atom. The summed E-state index contributed by atoms with van der Waals surface area (Å²) in [5.74, 6) is 0.563. The van der Waals surface area contributed by atoms with Crippen molar-refractivity contribution in [1.29, 1.82) is 0 Å². The number of aliphatic hydroxyl groups excluding tert-OH is 1. The van der Waals surface area contributed by atoms with Crippen molar-refractivity contribution < 1.29 is 5.11 Å². The summed E-state index contributed by atoms with van der Waals surface area (Å²) in [5, 5.41) is 9.42. The molecule has 0 aromatic carbocycles. The van der Waals surface area contributed by atoms with Gasteiger partial charge < -0.3 is 15.7 Å². The number of anilines is 2. The molecule has 1 aromatic rings. The fourth-order valence-electron chi connectivity index (χ4n) is 2.01. The highest BCUT2D eigenvalue weighted by Gasteiger charge is 2.18. The highest BCUT2D eigenvalue weighted by atomic mass is 16.3. The van der Waals surface area contributed by atoms with Crippen LogP contribution in [0.1, 0.15) is 18.4 Å². The number of aromatic nitrogens is 1. The summed E-state index contributed by atoms with van der Waals surface area (Å²) in [4.78, 5) is 6.37. The van der Waals surface area contributed by atoms with Crippen LogP contribution in [0.3, 0.4) is 0 Å². The standard InChI is InChI=1S/C11H17N3O/c1-8-6-11(12)13-7-10(8)14-4-2-9(15)3-5-14/h6-7,9,15H,2-5H2,1H3,(H2,12,13). The van der Waals surface area contributed by atoms with Crippen LogP contribution in [-0.2, 0) is 0 Å². The third-order valence-electron chi connectivity index (χ3n) is 2.91. The number of hydrogen-bond donors (Lipinski definition) is 2. The fraction of sp³-hybridized carbons (Fsp3) is 0.545. The minimum Gasteiger partial charge on any atom is -0.393 e. The monoisotopic (exact) mass is 207 g/mol. The van der Waals surface area contributed by atoms with E-state index < -0.39 is 0 Å². The van der Waals surface area contributed by atoms with E-state index in [1.54, 1.807) is 0 Å². The Balaban J connectivity index is 2.15. The number of nitrogen functional groups attached to an aromatic ring is 1. The topological polar surface area (TPSA) is 62.4 Å². The third kappa shape index (κ3) is 2.21. The molecule has 1 fully saturated rings. The Hall–Kier alpha value is -1.29. The molecule has 1 aromatic heterocycles. The van der Waals surface area contributed by atoms with Gasteiger partial charge in [-0.3, -0.25) is 0 Å². The zero-order valence-corrected chi connectivity index (χ0v) is 8.98. The molecule has 0 amide bonds. The molecule has 3 N–H and O–H groups in total. The Kier molecular flexibility index (Phi) is 2.77. The lowest BCUT2D eigenvalue weighted by atomic mass is 10.1. The molecule has 0 aliphatic carbocycles. The van der Waals surface area contributed by atoms with Crippen molar-refractivity contribution in [3.8, 4) is 0 Å². The fourth-order valence-corrected chi connectivity index (χ4v) is 2.01. The van der Waals surface area contributed by atoms with Gasteiger partial charge in [0, 0.05) is 13.1 Å². The average Bonchev–Trinajstić information content (AvgIpc) is 2.20. The number of nitrogens with two attached hydrogens (primary N) is 1. The SMILES string of the molecule is Cc1cc(N)ncc1N1CCC(O)CC1. The van der Waals surface area contributed by atoms with Gasteiger partial charge in [0.05, 0.1) is 18.0 Å². The molecule has 2 rings (SSSR count). The molecule has 1 aliphatic heterocycles. The second kappa shape index (κ2) is 4.06. The lowest BCUT2D eigenvalue weighted by Gasteiger charge is -2.32. The van der Waals surface area contributed by atoms with Gasteiger partial charge in [-0.2, -0.15) is 0 Å². The van der Waals surface area contributed by atoms with E-state index in [1.165, 1.54) is 0 Å². The Morgan fingerprint density at radius 3 is 2.73 bits per heavy atom. The lowest BCUT2D eigenvalue weighted by Crippen LogP contribution is -2.36. The van der Waals surface area contributed by atoms with Gasteiger partial charge in [-0.1, -0.05) is 0 Å². The number of rotatable bonds is 1. The molecule has 4 nitrogen and oxygen atoms in total. The van der Waals surface area contributed by atoms with E-state index in [4.69, 9.17) is 5.73 Å². The van der Waals surface area contributed by atoms with Gasteiger partial charge in [-0.05, 0) is 31.4 Å². The molecule has 1 saturated heterocycles. The van der Waals surface area contributed by atoms with Gasteiger partial charge in [0.15, 0.2) is 0 Å². The van der Waals surface area contributed by atoms with E-state index in [0.29, 0.717) is 5.82 Å². The van der Waals surface area contributed by atoms with Crippen LogP contribution in [0.2, 0.25) is 0 Å². The first-order chi connectivity index (χ1) is 7.16. The molecule has 0 spiro atoms. The van der Waals surface area contributed by atoms with Crippen LogP contribution in [0.25, 0.3) is 0 Å². The molecular formula is C11H17N3O. The molecule has 82 valence electrons. The maximum atomic E-state index is 9.42. The van der Waals surface area contributed by atoms with E-state index >= 15 is 0 Å². The molecule has 4 heteroatoms. The number of aryl methyl sites for hydroxylation is 1. The normalized spacial score (nSPS) is 18.1. The number of aliphatic hydroxyl groups is 1. The largest absolute Gasteiger partial charge is 0.393 e. The molecule has 0 radical (unpaired) electrons. The van der Waals surface area contributed by atoms with Gasteiger partial charge in [-0.25, -0.2) is 4.98 Å². The van der Waals surface area contributed by atoms with Gasteiger partial charge >= 0.3 is 0 Å². The molecular weight excluding hydrogens is 190 g/mol. The van der Waals surface area contributed by atoms with Crippen molar-refractivity contribution in [2.45, 2.75) is 25.9 Å². The minimum atomic E-state index is -0.136. The maximum Gasteiger partial charge on any atom is 0.123 e. The number of hydrogen-bond acceptors (Lipinski definition) is 4. The summed E-state index contributed by atoms with van der Waals surface area (Å²) in [7, 11) is 0. The summed E-state index contributed by atoms with van der Waals surface area (Å²) in [6.07, 6.45) is 3.36. The van der Waals surface area contributed by atoms with Gasteiger partial charge in [-0.15, -0.1) is 0 Å². The van der Waals surface area contributed by atoms with Crippen LogP contribution in [0.5, 0.6) is 0 Å². The van der Waals surface area contributed by atoms with Crippen molar-refractivity contribution in [2.75, 3.05) is 23.7 Å². The second-order valence-corrected chi connectivity index (χ2v) is 4.11. The smallest absolute Gasteiger partial charge is 0.123 e. The zero-order chi connectivity index (χ0) is 10.8. The molecule has 0 saturated carbocycles. The molecule has 2 heterocycles. The quantitative estimate of drug-likeness (QED) is 0.719.